The molecule has 2 unspecified atom stereocenters. The van der Waals surface area contributed by atoms with Crippen LogP contribution in [0.4, 0.5) is 0 Å². The van der Waals surface area contributed by atoms with Crippen molar-refractivity contribution in [1.29, 1.82) is 0 Å². The molecule has 0 radical (unpaired) electrons. The van der Waals surface area contributed by atoms with Gasteiger partial charge in [-0.05, 0) is 43.9 Å². The van der Waals surface area contributed by atoms with Gasteiger partial charge in [0.1, 0.15) is 5.69 Å². The average Bonchev–Trinajstić information content (AvgIpc) is 3.25. The summed E-state index contributed by atoms with van der Waals surface area (Å²) in [6.45, 7) is 6.00. The molecule has 6 nitrogen and oxygen atoms in total. The lowest BCUT2D eigenvalue weighted by atomic mass is 10.0. The Kier molecular flexibility index (Phi) is 6.29. The zero-order valence-corrected chi connectivity index (χ0v) is 14.6. The molecule has 6 heteroatoms. The Morgan fingerprint density at radius 2 is 2.21 bits per heavy atom. The van der Waals surface area contributed by atoms with Crippen LogP contribution in [0.15, 0.2) is 18.3 Å². The van der Waals surface area contributed by atoms with E-state index in [9.17, 15) is 4.79 Å². The van der Waals surface area contributed by atoms with Crippen molar-refractivity contribution in [3.05, 3.63) is 24.0 Å². The number of aryl methyl sites for hydroxylation is 1. The summed E-state index contributed by atoms with van der Waals surface area (Å²) in [6.07, 6.45) is 5.52. The van der Waals surface area contributed by atoms with Crippen molar-refractivity contribution in [2.45, 2.75) is 25.3 Å². The number of amides is 1. The molecule has 3 heterocycles. The highest BCUT2D eigenvalue weighted by molar-refractivity contribution is 5.92. The van der Waals surface area contributed by atoms with E-state index in [-0.39, 0.29) is 11.9 Å². The van der Waals surface area contributed by atoms with Gasteiger partial charge in [-0.1, -0.05) is 0 Å². The SMILES string of the molecule is Cn1cccc1C(=O)NCC1COCCN1CCCC1CCOC1. The van der Waals surface area contributed by atoms with Gasteiger partial charge in [0.25, 0.3) is 5.91 Å². The molecule has 24 heavy (non-hydrogen) atoms. The van der Waals surface area contributed by atoms with Crippen LogP contribution in [0, 0.1) is 5.92 Å². The zero-order chi connectivity index (χ0) is 16.8. The maximum absolute atomic E-state index is 12.3. The zero-order valence-electron chi connectivity index (χ0n) is 14.6. The molecule has 0 saturated carbocycles. The molecule has 0 aromatic carbocycles. The average molecular weight is 335 g/mol. The van der Waals surface area contributed by atoms with Gasteiger partial charge in [-0.15, -0.1) is 0 Å². The standard InChI is InChI=1S/C18H29N3O3/c1-20-7-3-5-17(20)18(22)19-12-16-14-24-11-9-21(16)8-2-4-15-6-10-23-13-15/h3,5,7,15-16H,2,4,6,8-14H2,1H3,(H,19,22). The minimum absolute atomic E-state index is 0.0175. The van der Waals surface area contributed by atoms with Crippen LogP contribution in [0.5, 0.6) is 0 Å². The topological polar surface area (TPSA) is 55.7 Å². The van der Waals surface area contributed by atoms with Gasteiger partial charge in [0.2, 0.25) is 0 Å². The van der Waals surface area contributed by atoms with Crippen molar-refractivity contribution < 1.29 is 14.3 Å². The van der Waals surface area contributed by atoms with Gasteiger partial charge < -0.3 is 19.4 Å². The van der Waals surface area contributed by atoms with Crippen molar-refractivity contribution >= 4 is 5.91 Å². The van der Waals surface area contributed by atoms with Crippen LogP contribution in [-0.4, -0.2) is 67.5 Å². The Bertz CT molecular complexity index is 525. The molecule has 1 N–H and O–H groups in total. The first-order valence-electron chi connectivity index (χ1n) is 9.03. The van der Waals surface area contributed by atoms with Gasteiger partial charge >= 0.3 is 0 Å². The van der Waals surface area contributed by atoms with E-state index < -0.39 is 0 Å². The smallest absolute Gasteiger partial charge is 0.267 e. The quantitative estimate of drug-likeness (QED) is 0.815. The number of carbonyl (C=O) groups excluding carboxylic acids is 1. The summed E-state index contributed by atoms with van der Waals surface area (Å²) >= 11 is 0. The number of carbonyl (C=O) groups is 1. The first kappa shape index (κ1) is 17.5. The van der Waals surface area contributed by atoms with Crippen LogP contribution in [0.3, 0.4) is 0 Å². The van der Waals surface area contributed by atoms with Gasteiger partial charge in [0.15, 0.2) is 0 Å². The Balaban J connectivity index is 1.43. The highest BCUT2D eigenvalue weighted by atomic mass is 16.5. The number of rotatable bonds is 7. The van der Waals surface area contributed by atoms with Crippen LogP contribution in [0.2, 0.25) is 0 Å². The maximum Gasteiger partial charge on any atom is 0.267 e. The highest BCUT2D eigenvalue weighted by Gasteiger charge is 2.24. The minimum Gasteiger partial charge on any atom is -0.381 e. The lowest BCUT2D eigenvalue weighted by molar-refractivity contribution is -0.00748. The fourth-order valence-electron chi connectivity index (χ4n) is 3.56. The summed E-state index contributed by atoms with van der Waals surface area (Å²) < 4.78 is 12.9. The lowest BCUT2D eigenvalue weighted by Gasteiger charge is -2.35. The first-order chi connectivity index (χ1) is 11.7. The number of aromatic nitrogens is 1. The summed E-state index contributed by atoms with van der Waals surface area (Å²) in [6, 6.07) is 3.99. The second-order valence-corrected chi connectivity index (χ2v) is 6.85. The Morgan fingerprint density at radius 3 is 2.96 bits per heavy atom. The third-order valence-electron chi connectivity index (χ3n) is 5.11. The molecule has 134 valence electrons. The predicted molar refractivity (Wildman–Crippen MR) is 92.1 cm³/mol. The number of hydrogen-bond acceptors (Lipinski definition) is 4. The monoisotopic (exact) mass is 335 g/mol. The minimum atomic E-state index is -0.0175. The fourth-order valence-corrected chi connectivity index (χ4v) is 3.56. The van der Waals surface area contributed by atoms with Crippen LogP contribution in [-0.2, 0) is 16.5 Å². The van der Waals surface area contributed by atoms with Crippen molar-refractivity contribution in [2.24, 2.45) is 13.0 Å². The number of nitrogens with one attached hydrogen (secondary N) is 1. The second-order valence-electron chi connectivity index (χ2n) is 6.85. The lowest BCUT2D eigenvalue weighted by Crippen LogP contribution is -2.51. The molecule has 1 aromatic heterocycles. The van der Waals surface area contributed by atoms with Gasteiger partial charge in [-0.3, -0.25) is 9.69 Å². The fraction of sp³-hybridized carbons (Fsp3) is 0.722. The number of ether oxygens (including phenoxy) is 2. The van der Waals surface area contributed by atoms with Crippen molar-refractivity contribution in [1.82, 2.24) is 14.8 Å². The second kappa shape index (κ2) is 8.65. The van der Waals surface area contributed by atoms with E-state index in [1.807, 2.05) is 29.9 Å². The summed E-state index contributed by atoms with van der Waals surface area (Å²) in [5.41, 5.74) is 0.694. The third-order valence-corrected chi connectivity index (χ3v) is 5.11. The molecular formula is C18H29N3O3. The molecule has 1 amide bonds. The predicted octanol–water partition coefficient (Wildman–Crippen LogP) is 1.27. The third kappa shape index (κ3) is 4.59. The van der Waals surface area contributed by atoms with E-state index in [2.05, 4.69) is 10.2 Å². The molecule has 0 bridgehead atoms. The van der Waals surface area contributed by atoms with Gasteiger partial charge in [0, 0.05) is 39.5 Å². The number of nitrogens with zero attached hydrogens (tertiary/aromatic N) is 2. The molecule has 1 aromatic rings. The Labute approximate surface area is 144 Å². The molecule has 2 aliphatic heterocycles. The van der Waals surface area contributed by atoms with Gasteiger partial charge in [-0.25, -0.2) is 0 Å². The van der Waals surface area contributed by atoms with Crippen LogP contribution in [0.25, 0.3) is 0 Å². The van der Waals surface area contributed by atoms with E-state index in [1.165, 1.54) is 19.3 Å². The van der Waals surface area contributed by atoms with Crippen molar-refractivity contribution in [2.75, 3.05) is 46.1 Å². The van der Waals surface area contributed by atoms with E-state index in [0.29, 0.717) is 18.8 Å². The van der Waals surface area contributed by atoms with Crippen molar-refractivity contribution in [3.8, 4) is 0 Å². The van der Waals surface area contributed by atoms with Gasteiger partial charge in [-0.2, -0.15) is 0 Å². The Morgan fingerprint density at radius 1 is 1.33 bits per heavy atom. The molecule has 2 aliphatic rings. The molecule has 0 spiro atoms. The summed E-state index contributed by atoms with van der Waals surface area (Å²) in [7, 11) is 1.89. The van der Waals surface area contributed by atoms with Crippen LogP contribution in [0.1, 0.15) is 29.8 Å². The normalized spacial score (nSPS) is 25.0. The molecule has 2 atom stereocenters. The molecule has 3 rings (SSSR count). The molecular weight excluding hydrogens is 306 g/mol. The number of morpholine rings is 1. The highest BCUT2D eigenvalue weighted by Crippen LogP contribution is 2.19. The molecule has 2 fully saturated rings. The van der Waals surface area contributed by atoms with Crippen LogP contribution < -0.4 is 5.32 Å². The molecule has 0 aliphatic carbocycles. The molecule has 2 saturated heterocycles. The van der Waals surface area contributed by atoms with E-state index in [0.717, 1.165) is 38.8 Å². The van der Waals surface area contributed by atoms with Crippen molar-refractivity contribution in [3.63, 3.8) is 0 Å². The summed E-state index contributed by atoms with van der Waals surface area (Å²) in [4.78, 5) is 14.7. The van der Waals surface area contributed by atoms with Crippen LogP contribution >= 0.6 is 0 Å². The van der Waals surface area contributed by atoms with Gasteiger partial charge in [0.05, 0.1) is 19.3 Å². The summed E-state index contributed by atoms with van der Waals surface area (Å²) in [5.74, 6) is 0.720. The largest absolute Gasteiger partial charge is 0.381 e. The van der Waals surface area contributed by atoms with E-state index >= 15 is 0 Å². The number of hydrogen-bond donors (Lipinski definition) is 1. The summed E-state index contributed by atoms with van der Waals surface area (Å²) in [5, 5.41) is 3.06. The Hall–Kier alpha value is -1.37. The first-order valence-corrected chi connectivity index (χ1v) is 9.03. The van der Waals surface area contributed by atoms with E-state index in [1.54, 1.807) is 0 Å². The van der Waals surface area contributed by atoms with E-state index in [4.69, 9.17) is 9.47 Å². The maximum atomic E-state index is 12.3.